The highest BCUT2D eigenvalue weighted by Gasteiger charge is 2.39. The molecule has 0 bridgehead atoms. The Morgan fingerprint density at radius 2 is 2.17 bits per heavy atom. The van der Waals surface area contributed by atoms with Gasteiger partial charge in [0, 0.05) is 10.0 Å². The molecule has 0 saturated carbocycles. The Morgan fingerprint density at radius 1 is 1.46 bits per heavy atom. The third kappa shape index (κ3) is 5.19. The molecule has 1 aromatic rings. The first-order chi connectivity index (χ1) is 11.1. The third-order valence-electron chi connectivity index (χ3n) is 4.14. The van der Waals surface area contributed by atoms with Gasteiger partial charge in [-0.1, -0.05) is 15.9 Å². The number of rotatable bonds is 6. The molecule has 0 aromatic heterocycles. The van der Waals surface area contributed by atoms with Crippen molar-refractivity contribution >= 4 is 31.7 Å². The maximum atomic E-state index is 12.3. The Morgan fingerprint density at radius 3 is 2.75 bits per heavy atom. The highest BCUT2D eigenvalue weighted by Crippen LogP contribution is 2.23. The van der Waals surface area contributed by atoms with Gasteiger partial charge in [-0.2, -0.15) is 0 Å². The third-order valence-corrected chi connectivity index (χ3v) is 6.54. The zero-order chi connectivity index (χ0) is 18.0. The number of hydrogen-bond donors (Lipinski definition) is 2. The lowest BCUT2D eigenvalue weighted by Gasteiger charge is -2.24. The van der Waals surface area contributed by atoms with Gasteiger partial charge in [0.15, 0.2) is 16.4 Å². The quantitative estimate of drug-likeness (QED) is 0.688. The van der Waals surface area contributed by atoms with Crippen molar-refractivity contribution in [3.63, 3.8) is 0 Å². The largest absolute Gasteiger partial charge is 0.496 e. The van der Waals surface area contributed by atoms with E-state index in [2.05, 4.69) is 21.2 Å². The molecule has 134 valence electrons. The van der Waals surface area contributed by atoms with Crippen LogP contribution in [-0.2, 0) is 21.2 Å². The summed E-state index contributed by atoms with van der Waals surface area (Å²) in [4.78, 5) is 13.3. The van der Waals surface area contributed by atoms with E-state index >= 15 is 0 Å². The predicted molar refractivity (Wildman–Crippen MR) is 96.0 cm³/mol. The lowest BCUT2D eigenvalue weighted by atomic mass is 10.0. The number of carbonyl (C=O) groups is 1. The average Bonchev–Trinajstić information content (AvgIpc) is 2.72. The predicted octanol–water partition coefficient (Wildman–Crippen LogP) is 0.166. The van der Waals surface area contributed by atoms with Crippen LogP contribution in [0.1, 0.15) is 18.9 Å². The molecule has 0 spiro atoms. The number of carbonyl (C=O) groups excluding carboxylic acids is 1. The monoisotopic (exact) mass is 419 g/mol. The summed E-state index contributed by atoms with van der Waals surface area (Å²) in [6.07, 6.45) is 0.472. The average molecular weight is 420 g/mol. The van der Waals surface area contributed by atoms with Crippen LogP contribution in [0.3, 0.4) is 0 Å². The molecular formula is C16H24BrN2O4S+. The molecule has 6 nitrogen and oxygen atoms in total. The topological polar surface area (TPSA) is 76.9 Å². The molecule has 1 aromatic carbocycles. The first-order valence-electron chi connectivity index (χ1n) is 7.78. The molecule has 1 aliphatic rings. The van der Waals surface area contributed by atoms with Crippen LogP contribution in [0.5, 0.6) is 5.75 Å². The number of amides is 1. The van der Waals surface area contributed by atoms with Gasteiger partial charge in [0.2, 0.25) is 0 Å². The summed E-state index contributed by atoms with van der Waals surface area (Å²) in [6, 6.07) is 5.77. The summed E-state index contributed by atoms with van der Waals surface area (Å²) < 4.78 is 29.5. The number of quaternary nitrogens is 1. The van der Waals surface area contributed by atoms with Crippen LogP contribution in [0, 0.1) is 0 Å². The van der Waals surface area contributed by atoms with E-state index in [0.29, 0.717) is 13.0 Å². The maximum absolute atomic E-state index is 12.3. The van der Waals surface area contributed by atoms with Crippen molar-refractivity contribution < 1.29 is 22.8 Å². The van der Waals surface area contributed by atoms with Crippen molar-refractivity contribution in [1.29, 1.82) is 0 Å². The number of sulfone groups is 1. The van der Waals surface area contributed by atoms with Gasteiger partial charge in [0.25, 0.3) is 5.91 Å². The molecule has 0 aliphatic carbocycles. The van der Waals surface area contributed by atoms with Crippen molar-refractivity contribution in [2.24, 2.45) is 0 Å². The number of halogens is 1. The van der Waals surface area contributed by atoms with Gasteiger partial charge in [-0.15, -0.1) is 0 Å². The van der Waals surface area contributed by atoms with Gasteiger partial charge in [-0.05, 0) is 31.5 Å². The zero-order valence-corrected chi connectivity index (χ0v) is 16.6. The van der Waals surface area contributed by atoms with Crippen molar-refractivity contribution in [2.75, 3.05) is 32.2 Å². The number of nitrogens with one attached hydrogen (secondary N) is 2. The minimum Gasteiger partial charge on any atom is -0.496 e. The molecule has 8 heteroatoms. The number of likely N-dealkylation sites (N-methyl/N-ethyl adjacent to an activating group) is 1. The van der Waals surface area contributed by atoms with Crippen molar-refractivity contribution in [3.8, 4) is 5.75 Å². The van der Waals surface area contributed by atoms with Gasteiger partial charge >= 0.3 is 0 Å². The van der Waals surface area contributed by atoms with E-state index in [1.54, 1.807) is 14.0 Å². The highest BCUT2D eigenvalue weighted by molar-refractivity contribution is 9.10. The van der Waals surface area contributed by atoms with Crippen LogP contribution in [0.15, 0.2) is 22.7 Å². The summed E-state index contributed by atoms with van der Waals surface area (Å²) in [5, 5.41) is 2.89. The van der Waals surface area contributed by atoms with E-state index in [9.17, 15) is 13.2 Å². The lowest BCUT2D eigenvalue weighted by molar-refractivity contribution is -0.885. The second-order valence-corrected chi connectivity index (χ2v) is 9.82. The van der Waals surface area contributed by atoms with E-state index in [1.165, 1.54) is 0 Å². The van der Waals surface area contributed by atoms with Crippen LogP contribution in [-0.4, -0.2) is 52.1 Å². The molecule has 2 rings (SSSR count). The standard InChI is InChI=1S/C16H23BrN2O4S/c1-16(6-7-24(21,22)11-16)18-15(20)10-19(2)9-12-8-13(17)4-5-14(12)23-3/h4-5,8H,6-7,9-11H2,1-3H3,(H,18,20)/p+1/t16-/m0/s1. The van der Waals surface area contributed by atoms with E-state index in [1.807, 2.05) is 25.2 Å². The van der Waals surface area contributed by atoms with Crippen molar-refractivity contribution in [3.05, 3.63) is 28.2 Å². The van der Waals surface area contributed by atoms with E-state index in [0.717, 1.165) is 20.7 Å². The van der Waals surface area contributed by atoms with E-state index < -0.39 is 15.4 Å². The Bertz CT molecular complexity index is 723. The molecule has 1 amide bonds. The fourth-order valence-corrected chi connectivity index (χ4v) is 5.54. The first-order valence-corrected chi connectivity index (χ1v) is 10.4. The molecule has 1 unspecified atom stereocenters. The molecule has 0 radical (unpaired) electrons. The Kier molecular flexibility index (Phi) is 5.93. The van der Waals surface area contributed by atoms with Crippen LogP contribution in [0.25, 0.3) is 0 Å². The van der Waals surface area contributed by atoms with Crippen molar-refractivity contribution in [2.45, 2.75) is 25.4 Å². The fourth-order valence-electron chi connectivity index (χ4n) is 3.04. The number of ether oxygens (including phenoxy) is 1. The lowest BCUT2D eigenvalue weighted by Crippen LogP contribution is -3.09. The SMILES string of the molecule is COc1ccc(Br)cc1C[NH+](C)CC(=O)N[C@@]1(C)CCS(=O)(=O)C1. The minimum absolute atomic E-state index is 0.0181. The van der Waals surface area contributed by atoms with Gasteiger partial charge in [0.05, 0.1) is 31.2 Å². The summed E-state index contributed by atoms with van der Waals surface area (Å²) in [7, 11) is 0.512. The Labute approximate surface area is 151 Å². The van der Waals surface area contributed by atoms with E-state index in [4.69, 9.17) is 4.74 Å². The normalized spacial score (nSPS) is 23.7. The summed E-state index contributed by atoms with van der Waals surface area (Å²) >= 11 is 3.44. The molecular weight excluding hydrogens is 396 g/mol. The second kappa shape index (κ2) is 7.41. The molecule has 2 atom stereocenters. The van der Waals surface area contributed by atoms with Crippen LogP contribution in [0.4, 0.5) is 0 Å². The molecule has 2 N–H and O–H groups in total. The van der Waals surface area contributed by atoms with Gasteiger partial charge in [-0.25, -0.2) is 8.42 Å². The molecule has 1 saturated heterocycles. The smallest absolute Gasteiger partial charge is 0.275 e. The second-order valence-electron chi connectivity index (χ2n) is 6.72. The molecule has 24 heavy (non-hydrogen) atoms. The van der Waals surface area contributed by atoms with Gasteiger partial charge in [0.1, 0.15) is 12.3 Å². The van der Waals surface area contributed by atoms with E-state index in [-0.39, 0.29) is 24.0 Å². The van der Waals surface area contributed by atoms with Gasteiger partial charge < -0.3 is 15.0 Å². The maximum Gasteiger partial charge on any atom is 0.275 e. The fraction of sp³-hybridized carbons (Fsp3) is 0.562. The Hall–Kier alpha value is -1.12. The molecule has 1 fully saturated rings. The summed E-state index contributed by atoms with van der Waals surface area (Å²) in [5.41, 5.74) is 0.357. The zero-order valence-electron chi connectivity index (χ0n) is 14.2. The van der Waals surface area contributed by atoms with Crippen molar-refractivity contribution in [1.82, 2.24) is 5.32 Å². The molecule has 1 heterocycles. The number of methoxy groups -OCH3 is 1. The number of benzene rings is 1. The minimum atomic E-state index is -3.03. The first kappa shape index (κ1) is 19.2. The van der Waals surface area contributed by atoms with Crippen LogP contribution >= 0.6 is 15.9 Å². The Balaban J connectivity index is 1.94. The summed E-state index contributed by atoms with van der Waals surface area (Å²) in [5.74, 6) is 0.805. The van der Waals surface area contributed by atoms with Crippen LogP contribution < -0.4 is 15.0 Å². The molecule has 1 aliphatic heterocycles. The summed E-state index contributed by atoms with van der Waals surface area (Å²) in [6.45, 7) is 2.69. The highest BCUT2D eigenvalue weighted by atomic mass is 79.9. The number of hydrogen-bond acceptors (Lipinski definition) is 4. The van der Waals surface area contributed by atoms with Gasteiger partial charge in [-0.3, -0.25) is 4.79 Å². The van der Waals surface area contributed by atoms with Crippen LogP contribution in [0.2, 0.25) is 0 Å².